The van der Waals surface area contributed by atoms with E-state index in [1.165, 1.54) is 0 Å². The molecule has 0 aromatic heterocycles. The van der Waals surface area contributed by atoms with Gasteiger partial charge in [-0.3, -0.25) is 14.5 Å². The van der Waals surface area contributed by atoms with Crippen molar-refractivity contribution < 1.29 is 19.1 Å². The number of carbonyl (C=O) groups excluding carboxylic acids is 2. The summed E-state index contributed by atoms with van der Waals surface area (Å²) in [5.41, 5.74) is 2.38. The zero-order valence-electron chi connectivity index (χ0n) is 20.5. The van der Waals surface area contributed by atoms with Crippen LogP contribution in [0.3, 0.4) is 0 Å². The Labute approximate surface area is 201 Å². The van der Waals surface area contributed by atoms with E-state index in [1.54, 1.807) is 14.2 Å². The Morgan fingerprint density at radius 3 is 2.76 bits per heavy atom. The van der Waals surface area contributed by atoms with Crippen molar-refractivity contribution in [3.8, 4) is 11.5 Å². The number of methoxy groups -OCH3 is 2. The molecule has 34 heavy (non-hydrogen) atoms. The summed E-state index contributed by atoms with van der Waals surface area (Å²) in [4.78, 5) is 28.1. The Morgan fingerprint density at radius 1 is 1.18 bits per heavy atom. The van der Waals surface area contributed by atoms with Gasteiger partial charge in [0.15, 0.2) is 0 Å². The summed E-state index contributed by atoms with van der Waals surface area (Å²) in [6.07, 6.45) is 4.04. The maximum Gasteiger partial charge on any atom is 0.238 e. The topological polar surface area (TPSA) is 79.9 Å². The Hall–Kier alpha value is -3.06. The van der Waals surface area contributed by atoms with E-state index in [9.17, 15) is 9.59 Å². The molecule has 4 rings (SSSR count). The average Bonchev–Trinajstić information content (AvgIpc) is 3.06. The number of hydrogen-bond acceptors (Lipinski definition) is 5. The first-order valence-corrected chi connectivity index (χ1v) is 12.0. The first-order valence-electron chi connectivity index (χ1n) is 12.0. The number of amides is 2. The van der Waals surface area contributed by atoms with Crippen molar-refractivity contribution in [3.63, 3.8) is 0 Å². The lowest BCUT2D eigenvalue weighted by Crippen LogP contribution is -2.56. The number of carbonyl (C=O) groups is 2. The summed E-state index contributed by atoms with van der Waals surface area (Å²) in [5.74, 6) is 1.40. The first-order chi connectivity index (χ1) is 16.3. The van der Waals surface area contributed by atoms with Gasteiger partial charge in [0.25, 0.3) is 0 Å². The molecule has 2 aromatic carbocycles. The summed E-state index contributed by atoms with van der Waals surface area (Å²) < 4.78 is 10.9. The second-order valence-electron chi connectivity index (χ2n) is 9.65. The van der Waals surface area contributed by atoms with Crippen LogP contribution in [0, 0.1) is 6.92 Å². The molecule has 0 radical (unpaired) electrons. The predicted octanol–water partition coefficient (Wildman–Crippen LogP) is 4.22. The van der Waals surface area contributed by atoms with E-state index in [-0.39, 0.29) is 30.4 Å². The van der Waals surface area contributed by atoms with Crippen LogP contribution < -0.4 is 20.1 Å². The van der Waals surface area contributed by atoms with Crippen LogP contribution in [0.5, 0.6) is 11.5 Å². The molecule has 0 bridgehead atoms. The lowest BCUT2D eigenvalue weighted by Gasteiger charge is -2.38. The SMILES string of the molecule is COc1cccc([C@@H]2C[C@]3(C)NC(=O)CCCC[C@@H]3N2CC(=O)Nc2cc(C)ccc2OC)c1. The molecule has 2 fully saturated rings. The minimum absolute atomic E-state index is 0.0198. The van der Waals surface area contributed by atoms with Crippen LogP contribution >= 0.6 is 0 Å². The number of aryl methyl sites for hydroxylation is 1. The highest BCUT2D eigenvalue weighted by atomic mass is 16.5. The Kier molecular flexibility index (Phi) is 7.12. The number of nitrogens with one attached hydrogen (secondary N) is 2. The van der Waals surface area contributed by atoms with Crippen LogP contribution in [0.15, 0.2) is 42.5 Å². The number of hydrogen-bond donors (Lipinski definition) is 2. The number of nitrogens with zero attached hydrogens (tertiary/aromatic N) is 1. The summed E-state index contributed by atoms with van der Waals surface area (Å²) in [6.45, 7) is 4.32. The van der Waals surface area contributed by atoms with Gasteiger partial charge in [-0.05, 0) is 68.5 Å². The first kappa shape index (κ1) is 24.1. The van der Waals surface area contributed by atoms with Gasteiger partial charge in [0.1, 0.15) is 11.5 Å². The third-order valence-corrected chi connectivity index (χ3v) is 7.14. The van der Waals surface area contributed by atoms with Crippen LogP contribution in [0.1, 0.15) is 56.2 Å². The molecule has 2 saturated heterocycles. The number of ether oxygens (including phenoxy) is 2. The minimum Gasteiger partial charge on any atom is -0.497 e. The molecular weight excluding hydrogens is 430 g/mol. The molecule has 2 N–H and O–H groups in total. The van der Waals surface area contributed by atoms with Crippen LogP contribution in [-0.2, 0) is 9.59 Å². The van der Waals surface area contributed by atoms with Crippen LogP contribution in [0.25, 0.3) is 0 Å². The third-order valence-electron chi connectivity index (χ3n) is 7.14. The predicted molar refractivity (Wildman–Crippen MR) is 132 cm³/mol. The van der Waals surface area contributed by atoms with Gasteiger partial charge in [-0.15, -0.1) is 0 Å². The van der Waals surface area contributed by atoms with E-state index in [2.05, 4.69) is 28.5 Å². The normalized spacial score (nSPS) is 25.0. The highest BCUT2D eigenvalue weighted by Gasteiger charge is 2.51. The smallest absolute Gasteiger partial charge is 0.238 e. The number of fused-ring (bicyclic) bond motifs is 1. The zero-order valence-corrected chi connectivity index (χ0v) is 20.5. The molecule has 182 valence electrons. The Bertz CT molecular complexity index is 1060. The van der Waals surface area contributed by atoms with Gasteiger partial charge in [-0.2, -0.15) is 0 Å². The number of anilines is 1. The molecule has 7 heteroatoms. The molecule has 2 aromatic rings. The second kappa shape index (κ2) is 10.1. The van der Waals surface area contributed by atoms with E-state index in [1.807, 2.05) is 43.3 Å². The van der Waals surface area contributed by atoms with Crippen molar-refractivity contribution in [2.75, 3.05) is 26.1 Å². The summed E-state index contributed by atoms with van der Waals surface area (Å²) in [6, 6.07) is 13.8. The largest absolute Gasteiger partial charge is 0.497 e. The molecule has 2 amide bonds. The van der Waals surface area contributed by atoms with Crippen molar-refractivity contribution >= 4 is 17.5 Å². The summed E-state index contributed by atoms with van der Waals surface area (Å²) >= 11 is 0. The maximum absolute atomic E-state index is 13.3. The molecule has 2 aliphatic rings. The van der Waals surface area contributed by atoms with E-state index >= 15 is 0 Å². The molecular formula is C27H35N3O4. The summed E-state index contributed by atoms with van der Waals surface area (Å²) in [7, 11) is 3.26. The van der Waals surface area contributed by atoms with Gasteiger partial charge in [-0.1, -0.05) is 24.6 Å². The van der Waals surface area contributed by atoms with Crippen LogP contribution in [0.2, 0.25) is 0 Å². The third kappa shape index (κ3) is 5.04. The lowest BCUT2D eigenvalue weighted by atomic mass is 9.85. The van der Waals surface area contributed by atoms with E-state index in [0.29, 0.717) is 17.9 Å². The highest BCUT2D eigenvalue weighted by Crippen LogP contribution is 2.45. The average molecular weight is 466 g/mol. The quantitative estimate of drug-likeness (QED) is 0.668. The fourth-order valence-corrected chi connectivity index (χ4v) is 5.51. The van der Waals surface area contributed by atoms with Crippen molar-refractivity contribution in [3.05, 3.63) is 53.6 Å². The van der Waals surface area contributed by atoms with E-state index in [4.69, 9.17) is 9.47 Å². The highest BCUT2D eigenvalue weighted by molar-refractivity contribution is 5.94. The molecule has 0 saturated carbocycles. The van der Waals surface area contributed by atoms with Gasteiger partial charge in [0.2, 0.25) is 11.8 Å². The van der Waals surface area contributed by atoms with Gasteiger partial charge >= 0.3 is 0 Å². The van der Waals surface area contributed by atoms with Crippen molar-refractivity contribution in [1.82, 2.24) is 10.2 Å². The molecule has 2 heterocycles. The molecule has 3 atom stereocenters. The monoisotopic (exact) mass is 465 g/mol. The lowest BCUT2D eigenvalue weighted by molar-refractivity contribution is -0.123. The molecule has 0 aliphatic carbocycles. The molecule has 7 nitrogen and oxygen atoms in total. The second-order valence-corrected chi connectivity index (χ2v) is 9.65. The molecule has 0 unspecified atom stereocenters. The molecule has 2 aliphatic heterocycles. The van der Waals surface area contributed by atoms with Crippen molar-refractivity contribution in [2.24, 2.45) is 0 Å². The zero-order chi connectivity index (χ0) is 24.3. The van der Waals surface area contributed by atoms with Crippen molar-refractivity contribution in [1.29, 1.82) is 0 Å². The van der Waals surface area contributed by atoms with Crippen molar-refractivity contribution in [2.45, 2.75) is 63.6 Å². The van der Waals surface area contributed by atoms with Gasteiger partial charge in [-0.25, -0.2) is 0 Å². The number of rotatable bonds is 6. The minimum atomic E-state index is -0.410. The Balaban J connectivity index is 1.64. The molecule has 0 spiro atoms. The standard InChI is InChI=1S/C27H35N3O4/c1-18-12-13-23(34-4)21(14-18)28-26(32)17-30-22(19-8-7-9-20(15-19)33-3)16-27(2)24(30)10-5-6-11-25(31)29-27/h7-9,12-15,22,24H,5-6,10-11,16-17H2,1-4H3,(H,28,32)(H,29,31)/t22-,24-,27-/m0/s1. The van der Waals surface area contributed by atoms with Crippen LogP contribution in [0.4, 0.5) is 5.69 Å². The Morgan fingerprint density at radius 2 is 2.00 bits per heavy atom. The van der Waals surface area contributed by atoms with Gasteiger partial charge in [0, 0.05) is 18.5 Å². The number of benzene rings is 2. The number of likely N-dealkylation sites (tertiary alicyclic amines) is 1. The maximum atomic E-state index is 13.3. The summed E-state index contributed by atoms with van der Waals surface area (Å²) in [5, 5.41) is 6.35. The van der Waals surface area contributed by atoms with Gasteiger partial charge < -0.3 is 20.1 Å². The van der Waals surface area contributed by atoms with E-state index < -0.39 is 5.54 Å². The fraction of sp³-hybridized carbons (Fsp3) is 0.481. The fourth-order valence-electron chi connectivity index (χ4n) is 5.51. The van der Waals surface area contributed by atoms with Gasteiger partial charge in [0.05, 0.1) is 32.0 Å². The van der Waals surface area contributed by atoms with Crippen LogP contribution in [-0.4, -0.2) is 49.1 Å². The van der Waals surface area contributed by atoms with E-state index in [0.717, 1.165) is 42.6 Å².